The molecule has 0 saturated carbocycles. The minimum Gasteiger partial charge on any atom is -0.759 e. The van der Waals surface area contributed by atoms with Crippen molar-refractivity contribution in [3.63, 3.8) is 0 Å². The SMILES string of the molecule is O=S(=O)([O-])[O-].[CH2-]CCCCCCCCCCC.[Cu+2].[Na+]. The first-order valence-electron chi connectivity index (χ1n) is 6.37. The fourth-order valence-electron chi connectivity index (χ4n) is 1.49. The Morgan fingerprint density at radius 3 is 1.37 bits per heavy atom. The van der Waals surface area contributed by atoms with Crippen LogP contribution in [0.2, 0.25) is 0 Å². The van der Waals surface area contributed by atoms with E-state index >= 15 is 0 Å². The summed E-state index contributed by atoms with van der Waals surface area (Å²) in [4.78, 5) is 0. The molecule has 0 amide bonds. The van der Waals surface area contributed by atoms with Gasteiger partial charge in [0.2, 0.25) is 0 Å². The van der Waals surface area contributed by atoms with Gasteiger partial charge in [0.15, 0.2) is 0 Å². The van der Waals surface area contributed by atoms with Crippen LogP contribution in [0.3, 0.4) is 0 Å². The molecular formula is C12H25CuNaO4S. The molecule has 115 valence electrons. The van der Waals surface area contributed by atoms with Crippen LogP contribution in [0.15, 0.2) is 0 Å². The van der Waals surface area contributed by atoms with Gasteiger partial charge in [-0.2, -0.15) is 6.42 Å². The van der Waals surface area contributed by atoms with Crippen LogP contribution in [-0.2, 0) is 27.5 Å². The summed E-state index contributed by atoms with van der Waals surface area (Å²) in [6.45, 7) is 6.12. The van der Waals surface area contributed by atoms with E-state index in [4.69, 9.17) is 17.5 Å². The van der Waals surface area contributed by atoms with Crippen molar-refractivity contribution in [2.45, 2.75) is 71.1 Å². The van der Waals surface area contributed by atoms with Gasteiger partial charge >= 0.3 is 46.6 Å². The minimum atomic E-state index is -5.17. The van der Waals surface area contributed by atoms with Crippen LogP contribution in [0.1, 0.15) is 71.1 Å². The molecule has 0 unspecified atom stereocenters. The first-order chi connectivity index (χ1) is 7.91. The van der Waals surface area contributed by atoms with Crippen LogP contribution in [-0.4, -0.2) is 17.5 Å². The molecule has 4 nitrogen and oxygen atoms in total. The Labute approximate surface area is 151 Å². The predicted octanol–water partition coefficient (Wildman–Crippen LogP) is 0.405. The van der Waals surface area contributed by atoms with E-state index in [2.05, 4.69) is 13.8 Å². The van der Waals surface area contributed by atoms with E-state index in [-0.39, 0.29) is 46.6 Å². The van der Waals surface area contributed by atoms with Crippen molar-refractivity contribution in [1.82, 2.24) is 0 Å². The van der Waals surface area contributed by atoms with Crippen molar-refractivity contribution in [1.29, 1.82) is 0 Å². The van der Waals surface area contributed by atoms with E-state index < -0.39 is 10.4 Å². The van der Waals surface area contributed by atoms with Gasteiger partial charge in [-0.25, -0.2) is 0 Å². The van der Waals surface area contributed by atoms with E-state index in [0.717, 1.165) is 6.42 Å². The molecule has 0 aliphatic carbocycles. The van der Waals surface area contributed by atoms with E-state index in [9.17, 15) is 0 Å². The fraction of sp³-hybridized carbons (Fsp3) is 0.917. The van der Waals surface area contributed by atoms with Crippen LogP contribution < -0.4 is 29.6 Å². The molecule has 0 spiro atoms. The number of hydrogen-bond donors (Lipinski definition) is 0. The Balaban J connectivity index is -0.000000139. The molecule has 0 atom stereocenters. The summed E-state index contributed by atoms with van der Waals surface area (Å²) in [5, 5.41) is 0. The number of hydrogen-bond acceptors (Lipinski definition) is 4. The van der Waals surface area contributed by atoms with Crippen LogP contribution in [0.5, 0.6) is 0 Å². The molecule has 0 aromatic rings. The molecule has 0 aliphatic rings. The zero-order chi connectivity index (χ0) is 13.6. The molecular weight excluding hydrogens is 327 g/mol. The van der Waals surface area contributed by atoms with Gasteiger partial charge in [0, 0.05) is 10.4 Å². The maximum Gasteiger partial charge on any atom is 2.00 e. The van der Waals surface area contributed by atoms with Crippen LogP contribution in [0.4, 0.5) is 0 Å². The second-order valence-electron chi connectivity index (χ2n) is 4.09. The molecule has 0 aliphatic heterocycles. The van der Waals surface area contributed by atoms with Crippen molar-refractivity contribution >= 4 is 10.4 Å². The summed E-state index contributed by atoms with van der Waals surface area (Å²) in [7, 11) is -5.17. The van der Waals surface area contributed by atoms with Crippen LogP contribution >= 0.6 is 0 Å². The third kappa shape index (κ3) is 54.3. The fourth-order valence-corrected chi connectivity index (χ4v) is 1.49. The van der Waals surface area contributed by atoms with Gasteiger partial charge in [0.1, 0.15) is 0 Å². The molecule has 0 N–H and O–H groups in total. The van der Waals surface area contributed by atoms with Gasteiger partial charge in [-0.15, -0.1) is 0 Å². The molecule has 7 heteroatoms. The molecule has 0 fully saturated rings. The minimum absolute atomic E-state index is 0. The van der Waals surface area contributed by atoms with Crippen molar-refractivity contribution in [3.8, 4) is 0 Å². The quantitative estimate of drug-likeness (QED) is 0.198. The normalized spacial score (nSPS) is 9.68. The molecule has 19 heavy (non-hydrogen) atoms. The Kier molecular flexibility index (Phi) is 32.6. The van der Waals surface area contributed by atoms with Crippen molar-refractivity contribution in [2.75, 3.05) is 0 Å². The summed E-state index contributed by atoms with van der Waals surface area (Å²) in [5.41, 5.74) is 0. The summed E-state index contributed by atoms with van der Waals surface area (Å²) in [5.74, 6) is 0. The first kappa shape index (κ1) is 28.5. The Morgan fingerprint density at radius 2 is 1.11 bits per heavy atom. The topological polar surface area (TPSA) is 80.3 Å². The van der Waals surface area contributed by atoms with E-state index in [1.165, 1.54) is 57.8 Å². The second kappa shape index (κ2) is 21.7. The van der Waals surface area contributed by atoms with Gasteiger partial charge in [0.05, 0.1) is 0 Å². The van der Waals surface area contributed by atoms with E-state index in [1.54, 1.807) is 0 Å². The summed E-state index contributed by atoms with van der Waals surface area (Å²) in [6, 6.07) is 0. The average molecular weight is 352 g/mol. The molecule has 0 aromatic carbocycles. The standard InChI is InChI=1S/C12H25.Cu.Na.H2O4S/c1-3-5-7-9-11-12-10-8-6-4-2;;;1-5(2,3)4/h1,3-12H2,2H3;;;(H2,1,2,3,4)/q-1;+2;+1;/p-2. The summed E-state index contributed by atoms with van der Waals surface area (Å²) in [6.07, 6.45) is 13.9. The van der Waals surface area contributed by atoms with Gasteiger partial charge < -0.3 is 16.0 Å². The monoisotopic (exact) mass is 351 g/mol. The average Bonchev–Trinajstić information content (AvgIpc) is 2.20. The van der Waals surface area contributed by atoms with Crippen molar-refractivity contribution in [3.05, 3.63) is 6.92 Å². The van der Waals surface area contributed by atoms with Gasteiger partial charge in [-0.1, -0.05) is 64.7 Å². The molecule has 0 heterocycles. The predicted molar refractivity (Wildman–Crippen MR) is 67.7 cm³/mol. The Hall–Kier alpha value is 1.39. The largest absolute Gasteiger partial charge is 2.00 e. The summed E-state index contributed by atoms with van der Waals surface area (Å²) < 4.78 is 34.1. The van der Waals surface area contributed by atoms with E-state index in [1.807, 2.05) is 0 Å². The maximum atomic E-state index is 8.52. The second-order valence-corrected chi connectivity index (χ2v) is 4.91. The zero-order valence-corrected chi connectivity index (χ0v) is 15.9. The zero-order valence-electron chi connectivity index (χ0n) is 12.1. The van der Waals surface area contributed by atoms with Gasteiger partial charge in [-0.3, -0.25) is 8.42 Å². The van der Waals surface area contributed by atoms with Crippen LogP contribution in [0.25, 0.3) is 0 Å². The molecule has 0 bridgehead atoms. The van der Waals surface area contributed by atoms with Crippen molar-refractivity contribution < 1.29 is 64.1 Å². The maximum absolute atomic E-state index is 8.52. The Morgan fingerprint density at radius 1 is 0.842 bits per heavy atom. The smallest absolute Gasteiger partial charge is 0.759 e. The third-order valence-electron chi connectivity index (χ3n) is 2.35. The number of unbranched alkanes of at least 4 members (excludes halogenated alkanes) is 9. The number of rotatable bonds is 9. The van der Waals surface area contributed by atoms with Gasteiger partial charge in [0.25, 0.3) is 0 Å². The molecule has 0 saturated heterocycles. The molecule has 1 radical (unpaired) electrons. The van der Waals surface area contributed by atoms with Crippen molar-refractivity contribution in [2.24, 2.45) is 0 Å². The van der Waals surface area contributed by atoms with Crippen LogP contribution in [0, 0.1) is 6.92 Å². The first-order valence-corrected chi connectivity index (χ1v) is 7.71. The molecule has 0 rings (SSSR count). The summed E-state index contributed by atoms with van der Waals surface area (Å²) >= 11 is 0. The third-order valence-corrected chi connectivity index (χ3v) is 2.35. The van der Waals surface area contributed by atoms with E-state index in [0.29, 0.717) is 0 Å². The van der Waals surface area contributed by atoms with Gasteiger partial charge in [-0.05, 0) is 0 Å². The molecule has 0 aromatic heterocycles. The Bertz CT molecular complexity index is 218.